The van der Waals surface area contributed by atoms with E-state index >= 15 is 0 Å². The van der Waals surface area contributed by atoms with Crippen molar-refractivity contribution in [2.75, 3.05) is 13.2 Å². The molecule has 4 nitrogen and oxygen atoms in total. The Labute approximate surface area is 109 Å². The van der Waals surface area contributed by atoms with E-state index < -0.39 is 11.9 Å². The Hall–Kier alpha value is -0.610. The average Bonchev–Trinajstić information content (AvgIpc) is 2.39. The van der Waals surface area contributed by atoms with Gasteiger partial charge in [0.25, 0.3) is 0 Å². The van der Waals surface area contributed by atoms with Crippen LogP contribution in [0.4, 0.5) is 0 Å². The smallest absolute Gasteiger partial charge is 0.306 e. The second-order valence-electron chi connectivity index (χ2n) is 5.48. The van der Waals surface area contributed by atoms with E-state index in [1.165, 1.54) is 32.1 Å². The van der Waals surface area contributed by atoms with Crippen LogP contribution in [0.2, 0.25) is 0 Å². The standard InChI is InChI=1S/C14H26O4/c15-9-8-13(14(17)18)12(10-16)7-6-11-4-2-1-3-5-11/h11-13,15-16H,1-10H2,(H,17,18). The molecular formula is C14H26O4. The monoisotopic (exact) mass is 258 g/mol. The quantitative estimate of drug-likeness (QED) is 0.622. The highest BCUT2D eigenvalue weighted by molar-refractivity contribution is 5.70. The molecule has 4 heteroatoms. The Balaban J connectivity index is 2.40. The van der Waals surface area contributed by atoms with E-state index in [4.69, 9.17) is 10.2 Å². The van der Waals surface area contributed by atoms with Gasteiger partial charge >= 0.3 is 5.97 Å². The molecular weight excluding hydrogens is 232 g/mol. The maximum atomic E-state index is 11.1. The predicted octanol–water partition coefficient (Wildman–Crippen LogP) is 2.04. The minimum atomic E-state index is -0.897. The van der Waals surface area contributed by atoms with Crippen LogP contribution in [0.5, 0.6) is 0 Å². The van der Waals surface area contributed by atoms with E-state index in [0.717, 1.165) is 12.8 Å². The lowest BCUT2D eigenvalue weighted by Gasteiger charge is -2.26. The van der Waals surface area contributed by atoms with Crippen molar-refractivity contribution in [2.24, 2.45) is 17.8 Å². The van der Waals surface area contributed by atoms with Gasteiger partial charge in [-0.05, 0) is 24.7 Å². The first-order valence-corrected chi connectivity index (χ1v) is 7.13. The molecule has 18 heavy (non-hydrogen) atoms. The van der Waals surface area contributed by atoms with Crippen molar-refractivity contribution in [3.8, 4) is 0 Å². The third kappa shape index (κ3) is 4.94. The minimum absolute atomic E-state index is 0.0936. The molecule has 0 amide bonds. The summed E-state index contributed by atoms with van der Waals surface area (Å²) in [4.78, 5) is 11.1. The van der Waals surface area contributed by atoms with E-state index in [1.54, 1.807) is 0 Å². The Morgan fingerprint density at radius 1 is 1.11 bits per heavy atom. The van der Waals surface area contributed by atoms with Crippen molar-refractivity contribution in [1.29, 1.82) is 0 Å². The molecule has 1 rings (SSSR count). The molecule has 0 aromatic heterocycles. The summed E-state index contributed by atoms with van der Waals surface area (Å²) in [5.74, 6) is -1.01. The van der Waals surface area contributed by atoms with Crippen molar-refractivity contribution < 1.29 is 20.1 Å². The van der Waals surface area contributed by atoms with Crippen LogP contribution >= 0.6 is 0 Å². The van der Waals surface area contributed by atoms with Crippen molar-refractivity contribution >= 4 is 5.97 Å². The average molecular weight is 258 g/mol. The largest absolute Gasteiger partial charge is 0.481 e. The predicted molar refractivity (Wildman–Crippen MR) is 69.2 cm³/mol. The molecule has 0 heterocycles. The van der Waals surface area contributed by atoms with Gasteiger partial charge in [-0.15, -0.1) is 0 Å². The van der Waals surface area contributed by atoms with Crippen LogP contribution in [-0.2, 0) is 4.79 Å². The molecule has 2 atom stereocenters. The second kappa shape index (κ2) is 8.48. The lowest BCUT2D eigenvalue weighted by Crippen LogP contribution is -2.28. The molecule has 0 aliphatic heterocycles. The third-order valence-electron chi connectivity index (χ3n) is 4.23. The van der Waals surface area contributed by atoms with Crippen LogP contribution in [0.25, 0.3) is 0 Å². The van der Waals surface area contributed by atoms with Crippen LogP contribution in [0.3, 0.4) is 0 Å². The highest BCUT2D eigenvalue weighted by Gasteiger charge is 2.27. The van der Waals surface area contributed by atoms with Gasteiger partial charge in [-0.2, -0.15) is 0 Å². The Morgan fingerprint density at radius 3 is 2.28 bits per heavy atom. The summed E-state index contributed by atoms with van der Waals surface area (Å²) in [5.41, 5.74) is 0. The normalized spacial score (nSPS) is 20.6. The second-order valence-corrected chi connectivity index (χ2v) is 5.48. The summed E-state index contributed by atoms with van der Waals surface area (Å²) >= 11 is 0. The van der Waals surface area contributed by atoms with E-state index in [2.05, 4.69) is 0 Å². The summed E-state index contributed by atoms with van der Waals surface area (Å²) in [6.07, 6.45) is 8.40. The maximum Gasteiger partial charge on any atom is 0.306 e. The van der Waals surface area contributed by atoms with Gasteiger partial charge in [0.2, 0.25) is 0 Å². The number of aliphatic carboxylic acids is 1. The Kier molecular flexibility index (Phi) is 7.28. The Bertz CT molecular complexity index is 236. The van der Waals surface area contributed by atoms with E-state index in [0.29, 0.717) is 5.92 Å². The molecule has 106 valence electrons. The van der Waals surface area contributed by atoms with Gasteiger partial charge < -0.3 is 15.3 Å². The number of carboxylic acid groups (broad SMARTS) is 1. The molecule has 0 radical (unpaired) electrons. The number of hydrogen-bond acceptors (Lipinski definition) is 3. The van der Waals surface area contributed by atoms with Crippen LogP contribution in [0, 0.1) is 17.8 Å². The van der Waals surface area contributed by atoms with Crippen LogP contribution in [0.1, 0.15) is 51.4 Å². The fraction of sp³-hybridized carbons (Fsp3) is 0.929. The fourth-order valence-electron chi connectivity index (χ4n) is 3.05. The summed E-state index contributed by atoms with van der Waals surface area (Å²) in [6, 6.07) is 0. The molecule has 3 N–H and O–H groups in total. The highest BCUT2D eigenvalue weighted by Crippen LogP contribution is 2.30. The number of aliphatic hydroxyl groups excluding tert-OH is 2. The van der Waals surface area contributed by atoms with Gasteiger partial charge in [0.05, 0.1) is 5.92 Å². The zero-order valence-electron chi connectivity index (χ0n) is 11.1. The fourth-order valence-corrected chi connectivity index (χ4v) is 3.05. The van der Waals surface area contributed by atoms with Crippen molar-refractivity contribution in [2.45, 2.75) is 51.4 Å². The topological polar surface area (TPSA) is 77.8 Å². The molecule has 0 spiro atoms. The molecule has 0 aromatic carbocycles. The molecule has 1 aliphatic carbocycles. The lowest BCUT2D eigenvalue weighted by atomic mass is 9.80. The molecule has 0 aromatic rings. The zero-order valence-corrected chi connectivity index (χ0v) is 11.1. The summed E-state index contributed by atoms with van der Waals surface area (Å²) in [6.45, 7) is -0.222. The number of aliphatic hydroxyl groups is 2. The van der Waals surface area contributed by atoms with Crippen LogP contribution < -0.4 is 0 Å². The molecule has 1 fully saturated rings. The number of rotatable bonds is 8. The van der Waals surface area contributed by atoms with Crippen molar-refractivity contribution in [3.05, 3.63) is 0 Å². The molecule has 2 unspecified atom stereocenters. The molecule has 1 saturated carbocycles. The maximum absolute atomic E-state index is 11.1. The van der Waals surface area contributed by atoms with Gasteiger partial charge in [-0.1, -0.05) is 38.5 Å². The third-order valence-corrected chi connectivity index (χ3v) is 4.23. The van der Waals surface area contributed by atoms with Gasteiger partial charge in [-0.25, -0.2) is 0 Å². The summed E-state index contributed by atoms with van der Waals surface area (Å²) in [7, 11) is 0. The van der Waals surface area contributed by atoms with Crippen molar-refractivity contribution in [1.82, 2.24) is 0 Å². The number of carbonyl (C=O) groups is 1. The van der Waals surface area contributed by atoms with Crippen LogP contribution in [-0.4, -0.2) is 34.5 Å². The first-order chi connectivity index (χ1) is 8.69. The number of hydrogen-bond donors (Lipinski definition) is 3. The molecule has 0 saturated heterocycles. The summed E-state index contributed by atoms with van der Waals surface area (Å²) in [5, 5.41) is 27.4. The molecule has 1 aliphatic rings. The summed E-state index contributed by atoms with van der Waals surface area (Å²) < 4.78 is 0. The zero-order chi connectivity index (χ0) is 13.4. The molecule has 0 bridgehead atoms. The van der Waals surface area contributed by atoms with Gasteiger partial charge in [0.15, 0.2) is 0 Å². The first-order valence-electron chi connectivity index (χ1n) is 7.13. The van der Waals surface area contributed by atoms with E-state index in [-0.39, 0.29) is 25.6 Å². The Morgan fingerprint density at radius 2 is 1.78 bits per heavy atom. The minimum Gasteiger partial charge on any atom is -0.481 e. The highest BCUT2D eigenvalue weighted by atomic mass is 16.4. The van der Waals surface area contributed by atoms with Gasteiger partial charge in [0.1, 0.15) is 0 Å². The van der Waals surface area contributed by atoms with Gasteiger partial charge in [0, 0.05) is 13.2 Å². The van der Waals surface area contributed by atoms with Crippen molar-refractivity contribution in [3.63, 3.8) is 0 Å². The number of carboxylic acids is 1. The SMILES string of the molecule is O=C(O)C(CCO)C(CO)CCC1CCCCC1. The lowest BCUT2D eigenvalue weighted by molar-refractivity contribution is -0.145. The first kappa shape index (κ1) is 15.4. The van der Waals surface area contributed by atoms with Crippen LogP contribution in [0.15, 0.2) is 0 Å². The van der Waals surface area contributed by atoms with E-state index in [9.17, 15) is 9.90 Å². The van der Waals surface area contributed by atoms with Gasteiger partial charge in [-0.3, -0.25) is 4.79 Å². The van der Waals surface area contributed by atoms with E-state index in [1.807, 2.05) is 0 Å².